The Labute approximate surface area is 218 Å². The molecule has 10 nitrogen and oxygen atoms in total. The van der Waals surface area contributed by atoms with E-state index < -0.39 is 0 Å². The fourth-order valence-corrected chi connectivity index (χ4v) is 4.85. The van der Waals surface area contributed by atoms with Crippen molar-refractivity contribution in [1.82, 2.24) is 29.4 Å². The summed E-state index contributed by atoms with van der Waals surface area (Å²) in [7, 11) is 0. The molecule has 3 heterocycles. The Hall–Kier alpha value is -4.21. The fraction of sp³-hybridized carbons (Fsp3) is 0.393. The van der Waals surface area contributed by atoms with E-state index in [-0.39, 0.29) is 29.2 Å². The van der Waals surface area contributed by atoms with E-state index in [4.69, 9.17) is 0 Å². The smallest absolute Gasteiger partial charge is 0.333 e. The molecule has 3 aliphatic carbocycles. The first-order valence-electron chi connectivity index (χ1n) is 13.4. The van der Waals surface area contributed by atoms with Crippen molar-refractivity contribution in [2.24, 2.45) is 0 Å². The molecule has 0 aliphatic heterocycles. The topological polar surface area (TPSA) is 127 Å². The van der Waals surface area contributed by atoms with Gasteiger partial charge in [-0.3, -0.25) is 18.7 Å². The lowest BCUT2D eigenvalue weighted by molar-refractivity contribution is -0.120. The highest BCUT2D eigenvalue weighted by molar-refractivity contribution is 5.79. The molecule has 0 spiro atoms. The van der Waals surface area contributed by atoms with Crippen LogP contribution in [0.15, 0.2) is 52.2 Å². The predicted octanol–water partition coefficient (Wildman–Crippen LogP) is 3.05. The van der Waals surface area contributed by atoms with Crippen LogP contribution in [0.5, 0.6) is 0 Å². The Kier molecular flexibility index (Phi) is 5.41. The van der Waals surface area contributed by atoms with Crippen molar-refractivity contribution in [3.05, 3.63) is 74.6 Å². The van der Waals surface area contributed by atoms with Crippen LogP contribution in [0.3, 0.4) is 0 Å². The van der Waals surface area contributed by atoms with Crippen LogP contribution in [0.2, 0.25) is 0 Å². The summed E-state index contributed by atoms with van der Waals surface area (Å²) in [5.74, 6) is 1.32. The molecule has 3 fully saturated rings. The van der Waals surface area contributed by atoms with Gasteiger partial charge in [-0.15, -0.1) is 0 Å². The lowest BCUT2D eigenvalue weighted by Crippen LogP contribution is -2.39. The molecule has 0 saturated heterocycles. The molecule has 1 aromatic carbocycles. The summed E-state index contributed by atoms with van der Waals surface area (Å²) in [4.78, 5) is 50.5. The third kappa shape index (κ3) is 4.51. The average Bonchev–Trinajstić information content (AvgIpc) is 3.77. The first kappa shape index (κ1) is 22.9. The second-order valence-electron chi connectivity index (χ2n) is 10.7. The van der Waals surface area contributed by atoms with Crippen molar-refractivity contribution in [3.8, 4) is 11.4 Å². The molecule has 0 unspecified atom stereocenters. The van der Waals surface area contributed by atoms with Gasteiger partial charge in [-0.05, 0) is 61.8 Å². The number of nitrogens with one attached hydrogen (secondary N) is 3. The number of hydrogen-bond donors (Lipinski definition) is 3. The van der Waals surface area contributed by atoms with Gasteiger partial charge in [-0.25, -0.2) is 14.8 Å². The minimum absolute atomic E-state index is 0.00574. The Morgan fingerprint density at radius 3 is 2.29 bits per heavy atom. The van der Waals surface area contributed by atoms with E-state index in [1.165, 1.54) is 4.57 Å². The second-order valence-corrected chi connectivity index (χ2v) is 10.7. The van der Waals surface area contributed by atoms with Crippen molar-refractivity contribution >= 4 is 22.9 Å². The van der Waals surface area contributed by atoms with Crippen LogP contribution < -0.4 is 21.9 Å². The zero-order valence-electron chi connectivity index (χ0n) is 20.9. The quantitative estimate of drug-likeness (QED) is 0.317. The van der Waals surface area contributed by atoms with Crippen LogP contribution in [0.4, 0.5) is 5.82 Å². The number of rotatable bonds is 9. The van der Waals surface area contributed by atoms with Crippen LogP contribution in [0.1, 0.15) is 61.7 Å². The van der Waals surface area contributed by atoms with E-state index >= 15 is 0 Å². The number of nitrogens with zero attached hydrogens (tertiary/aromatic N) is 4. The lowest BCUT2D eigenvalue weighted by Gasteiger charge is -2.09. The zero-order chi connectivity index (χ0) is 25.8. The van der Waals surface area contributed by atoms with Crippen molar-refractivity contribution in [3.63, 3.8) is 0 Å². The Balaban J connectivity index is 1.05. The number of pyridine rings is 1. The highest BCUT2D eigenvalue weighted by Gasteiger charge is 2.34. The van der Waals surface area contributed by atoms with Gasteiger partial charge in [-0.2, -0.15) is 0 Å². The van der Waals surface area contributed by atoms with E-state index in [2.05, 4.69) is 25.6 Å². The maximum atomic E-state index is 13.1. The van der Waals surface area contributed by atoms with Crippen molar-refractivity contribution < 1.29 is 4.79 Å². The number of amides is 1. The number of aromatic nitrogens is 5. The third-order valence-corrected chi connectivity index (χ3v) is 7.42. The van der Waals surface area contributed by atoms with Crippen molar-refractivity contribution in [1.29, 1.82) is 0 Å². The number of aromatic amines is 1. The van der Waals surface area contributed by atoms with Crippen LogP contribution in [-0.2, 0) is 17.8 Å². The number of H-pyrrole nitrogens is 1. The van der Waals surface area contributed by atoms with E-state index in [0.29, 0.717) is 41.8 Å². The number of carbonyl (C=O) groups is 1. The Bertz CT molecular complexity index is 1640. The second kappa shape index (κ2) is 8.97. The summed E-state index contributed by atoms with van der Waals surface area (Å²) in [5, 5.41) is 6.33. The Morgan fingerprint density at radius 1 is 0.921 bits per heavy atom. The van der Waals surface area contributed by atoms with Crippen molar-refractivity contribution in [2.75, 3.05) is 5.32 Å². The molecule has 4 aromatic rings. The first-order valence-corrected chi connectivity index (χ1v) is 13.4. The SMILES string of the molecule is O=C(Cc1ccc(CNc2ccc(-c3nc4c([nH]3)c(=O)n(C3CC3)c(=O)n4C3CC3)cn2)cc1)NC1CC1. The van der Waals surface area contributed by atoms with E-state index in [0.717, 1.165) is 55.2 Å². The number of anilines is 1. The highest BCUT2D eigenvalue weighted by Crippen LogP contribution is 2.37. The molecular weight excluding hydrogens is 482 g/mol. The highest BCUT2D eigenvalue weighted by atomic mass is 16.2. The van der Waals surface area contributed by atoms with Crippen LogP contribution in [0.25, 0.3) is 22.6 Å². The standard InChI is InChI=1S/C28H29N7O3/c36-23(31-19-6-7-19)13-16-1-3-17(4-2-16)14-29-22-12-5-18(15-30-22)25-32-24-26(33-25)34(20-8-9-20)28(38)35(27(24)37)21-10-11-21/h1-5,12,15,19-21H,6-11,13-14H2,(H,29,30)(H,31,36)(H,32,33). The predicted molar refractivity (Wildman–Crippen MR) is 143 cm³/mol. The van der Waals surface area contributed by atoms with E-state index in [1.807, 2.05) is 36.4 Å². The van der Waals surface area contributed by atoms with Crippen LogP contribution in [0, 0.1) is 0 Å². The zero-order valence-corrected chi connectivity index (χ0v) is 20.9. The summed E-state index contributed by atoms with van der Waals surface area (Å²) in [6.07, 6.45) is 7.89. The summed E-state index contributed by atoms with van der Waals surface area (Å²) in [6, 6.07) is 12.3. The van der Waals surface area contributed by atoms with Gasteiger partial charge in [0.1, 0.15) is 17.2 Å². The van der Waals surface area contributed by atoms with Gasteiger partial charge in [0.2, 0.25) is 5.91 Å². The molecule has 3 saturated carbocycles. The molecule has 3 N–H and O–H groups in total. The van der Waals surface area contributed by atoms with Crippen LogP contribution >= 0.6 is 0 Å². The minimum Gasteiger partial charge on any atom is -0.366 e. The Morgan fingerprint density at radius 2 is 1.63 bits per heavy atom. The number of hydrogen-bond acceptors (Lipinski definition) is 6. The normalized spacial score (nSPS) is 17.1. The van der Waals surface area contributed by atoms with E-state index in [1.54, 1.807) is 10.8 Å². The minimum atomic E-state index is -0.288. The maximum absolute atomic E-state index is 13.1. The summed E-state index contributed by atoms with van der Waals surface area (Å²) >= 11 is 0. The van der Waals surface area contributed by atoms with Gasteiger partial charge < -0.3 is 15.6 Å². The van der Waals surface area contributed by atoms with Gasteiger partial charge in [0.25, 0.3) is 5.56 Å². The summed E-state index contributed by atoms with van der Waals surface area (Å²) in [6.45, 7) is 0.597. The number of benzene rings is 1. The number of carbonyl (C=O) groups excluding carboxylic acids is 1. The first-order chi connectivity index (χ1) is 18.5. The molecule has 10 heteroatoms. The molecule has 0 atom stereocenters. The lowest BCUT2D eigenvalue weighted by atomic mass is 10.1. The maximum Gasteiger partial charge on any atom is 0.333 e. The monoisotopic (exact) mass is 511 g/mol. The molecular formula is C28H29N7O3. The fourth-order valence-electron chi connectivity index (χ4n) is 4.85. The molecule has 1 amide bonds. The molecule has 3 aromatic heterocycles. The summed E-state index contributed by atoms with van der Waals surface area (Å²) in [5.41, 5.74) is 3.12. The van der Waals surface area contributed by atoms with Gasteiger partial charge in [0, 0.05) is 36.4 Å². The molecule has 0 radical (unpaired) electrons. The average molecular weight is 512 g/mol. The van der Waals surface area contributed by atoms with Crippen LogP contribution in [-0.4, -0.2) is 36.0 Å². The molecule has 194 valence electrons. The third-order valence-electron chi connectivity index (χ3n) is 7.42. The van der Waals surface area contributed by atoms with Crippen molar-refractivity contribution in [2.45, 2.75) is 69.6 Å². The van der Waals surface area contributed by atoms with Gasteiger partial charge in [0.15, 0.2) is 5.65 Å². The van der Waals surface area contributed by atoms with E-state index in [9.17, 15) is 14.4 Å². The number of imidazole rings is 1. The molecule has 0 bridgehead atoms. The molecule has 38 heavy (non-hydrogen) atoms. The number of fused-ring (bicyclic) bond motifs is 1. The summed E-state index contributed by atoms with van der Waals surface area (Å²) < 4.78 is 3.10. The van der Waals surface area contributed by atoms with Gasteiger partial charge in [0.05, 0.1) is 6.42 Å². The largest absolute Gasteiger partial charge is 0.366 e. The molecule has 7 rings (SSSR count). The molecule has 3 aliphatic rings. The van der Waals surface area contributed by atoms with Gasteiger partial charge in [-0.1, -0.05) is 24.3 Å². The van der Waals surface area contributed by atoms with Gasteiger partial charge >= 0.3 is 5.69 Å².